The average Bonchev–Trinajstić information content (AvgIpc) is 2.04. The molecule has 0 aromatic heterocycles. The van der Waals surface area contributed by atoms with Gasteiger partial charge >= 0.3 is 0 Å². The van der Waals surface area contributed by atoms with Crippen LogP contribution in [0.5, 0.6) is 5.75 Å². The second kappa shape index (κ2) is 3.58. The van der Waals surface area contributed by atoms with Gasteiger partial charge in [-0.15, -0.1) is 0 Å². The van der Waals surface area contributed by atoms with Crippen LogP contribution in [-0.2, 0) is 0 Å². The SMILES string of the molecule is C=[N+]([O-])c1cc(Br)ccc1OC. The lowest BCUT2D eigenvalue weighted by Gasteiger charge is -2.06. The minimum Gasteiger partial charge on any atom is -0.619 e. The van der Waals surface area contributed by atoms with E-state index in [-0.39, 0.29) is 0 Å². The van der Waals surface area contributed by atoms with Gasteiger partial charge in [-0.05, 0) is 12.1 Å². The van der Waals surface area contributed by atoms with Gasteiger partial charge in [0.25, 0.3) is 5.69 Å². The van der Waals surface area contributed by atoms with Crippen molar-refractivity contribution in [2.24, 2.45) is 0 Å². The maximum Gasteiger partial charge on any atom is 0.259 e. The topological polar surface area (TPSA) is 35.3 Å². The number of methoxy groups -OCH3 is 1. The fraction of sp³-hybridized carbons (Fsp3) is 0.125. The van der Waals surface area contributed by atoms with Crippen molar-refractivity contribution in [3.05, 3.63) is 27.9 Å². The van der Waals surface area contributed by atoms with Crippen molar-refractivity contribution in [2.45, 2.75) is 0 Å². The summed E-state index contributed by atoms with van der Waals surface area (Å²) in [4.78, 5) is 0. The molecule has 0 amide bonds. The van der Waals surface area contributed by atoms with Gasteiger partial charge in [0.2, 0.25) is 0 Å². The second-order valence-corrected chi connectivity index (χ2v) is 3.11. The van der Waals surface area contributed by atoms with E-state index in [2.05, 4.69) is 22.6 Å². The Kier molecular flexibility index (Phi) is 2.70. The van der Waals surface area contributed by atoms with Crippen LogP contribution in [0, 0.1) is 5.21 Å². The molecule has 0 aliphatic rings. The third kappa shape index (κ3) is 1.76. The van der Waals surface area contributed by atoms with E-state index in [1.807, 2.05) is 0 Å². The van der Waals surface area contributed by atoms with E-state index >= 15 is 0 Å². The lowest BCUT2D eigenvalue weighted by Crippen LogP contribution is -1.94. The van der Waals surface area contributed by atoms with Crippen molar-refractivity contribution in [1.29, 1.82) is 0 Å². The number of hydrogen-bond acceptors (Lipinski definition) is 2. The normalized spacial score (nSPS) is 9.50. The van der Waals surface area contributed by atoms with Crippen molar-refractivity contribution in [2.75, 3.05) is 7.11 Å². The molecule has 4 heteroatoms. The van der Waals surface area contributed by atoms with Crippen molar-refractivity contribution in [3.8, 4) is 5.75 Å². The molecule has 0 aliphatic heterocycles. The van der Waals surface area contributed by atoms with Gasteiger partial charge in [0.15, 0.2) is 5.75 Å². The summed E-state index contributed by atoms with van der Waals surface area (Å²) < 4.78 is 6.30. The largest absolute Gasteiger partial charge is 0.619 e. The summed E-state index contributed by atoms with van der Waals surface area (Å²) in [7, 11) is 1.51. The summed E-state index contributed by atoms with van der Waals surface area (Å²) in [6.07, 6.45) is 0. The highest BCUT2D eigenvalue weighted by atomic mass is 79.9. The maximum atomic E-state index is 10.9. The molecule has 3 nitrogen and oxygen atoms in total. The summed E-state index contributed by atoms with van der Waals surface area (Å²) in [6.45, 7) is 3.24. The molecule has 0 spiro atoms. The van der Waals surface area contributed by atoms with Crippen LogP contribution in [0.2, 0.25) is 0 Å². The van der Waals surface area contributed by atoms with Gasteiger partial charge in [0.1, 0.15) is 6.72 Å². The molecule has 0 saturated heterocycles. The van der Waals surface area contributed by atoms with Crippen LogP contribution in [-0.4, -0.2) is 18.6 Å². The zero-order valence-corrected chi connectivity index (χ0v) is 8.17. The van der Waals surface area contributed by atoms with Crippen LogP contribution >= 0.6 is 15.9 Å². The Morgan fingerprint density at radius 2 is 2.25 bits per heavy atom. The van der Waals surface area contributed by atoms with Crippen LogP contribution < -0.4 is 4.74 Å². The van der Waals surface area contributed by atoms with Gasteiger partial charge in [-0.2, -0.15) is 4.74 Å². The van der Waals surface area contributed by atoms with Crippen molar-refractivity contribution < 1.29 is 9.48 Å². The Morgan fingerprint density at radius 1 is 1.58 bits per heavy atom. The van der Waals surface area contributed by atoms with E-state index in [0.29, 0.717) is 16.2 Å². The molecule has 0 N–H and O–H groups in total. The first-order chi connectivity index (χ1) is 5.65. The van der Waals surface area contributed by atoms with E-state index in [1.54, 1.807) is 18.2 Å². The van der Waals surface area contributed by atoms with Crippen molar-refractivity contribution in [1.82, 2.24) is 0 Å². The monoisotopic (exact) mass is 229 g/mol. The highest BCUT2D eigenvalue weighted by Gasteiger charge is 2.08. The maximum absolute atomic E-state index is 10.9. The summed E-state index contributed by atoms with van der Waals surface area (Å²) in [5.41, 5.74) is 0.409. The molecular formula is C8H8BrNO2. The van der Waals surface area contributed by atoms with E-state index in [9.17, 15) is 5.21 Å². The molecule has 64 valence electrons. The number of rotatable bonds is 2. The predicted molar refractivity (Wildman–Crippen MR) is 51.1 cm³/mol. The van der Waals surface area contributed by atoms with Gasteiger partial charge in [0, 0.05) is 10.5 Å². The number of hydrogen-bond donors (Lipinski definition) is 0. The van der Waals surface area contributed by atoms with Crippen LogP contribution in [0.3, 0.4) is 0 Å². The number of ether oxygens (including phenoxy) is 1. The highest BCUT2D eigenvalue weighted by Crippen LogP contribution is 2.29. The Bertz CT molecular complexity index is 312. The first-order valence-corrected chi connectivity index (χ1v) is 4.05. The summed E-state index contributed by atoms with van der Waals surface area (Å²) in [6, 6.07) is 5.15. The van der Waals surface area contributed by atoms with E-state index in [0.717, 1.165) is 4.47 Å². The quantitative estimate of drug-likeness (QED) is 0.338. The average molecular weight is 230 g/mol. The van der Waals surface area contributed by atoms with Crippen LogP contribution in [0.25, 0.3) is 0 Å². The molecule has 1 aromatic carbocycles. The molecule has 0 unspecified atom stereocenters. The lowest BCUT2D eigenvalue weighted by atomic mass is 10.3. The molecule has 0 atom stereocenters. The first-order valence-electron chi connectivity index (χ1n) is 3.26. The summed E-state index contributed by atoms with van der Waals surface area (Å²) in [5.74, 6) is 0.517. The van der Waals surface area contributed by atoms with Gasteiger partial charge in [-0.1, -0.05) is 15.9 Å². The van der Waals surface area contributed by atoms with Crippen LogP contribution in [0.4, 0.5) is 5.69 Å². The lowest BCUT2D eigenvalue weighted by molar-refractivity contribution is -0.351. The fourth-order valence-electron chi connectivity index (χ4n) is 0.858. The Morgan fingerprint density at radius 3 is 2.75 bits per heavy atom. The molecule has 0 radical (unpaired) electrons. The minimum absolute atomic E-state index is 0.409. The summed E-state index contributed by atoms with van der Waals surface area (Å²) >= 11 is 3.24. The van der Waals surface area contributed by atoms with Crippen molar-refractivity contribution >= 4 is 28.3 Å². The zero-order chi connectivity index (χ0) is 9.14. The van der Waals surface area contributed by atoms with E-state index < -0.39 is 0 Å². The number of benzene rings is 1. The van der Waals surface area contributed by atoms with Crippen LogP contribution in [0.15, 0.2) is 22.7 Å². The zero-order valence-electron chi connectivity index (χ0n) is 6.58. The Hall–Kier alpha value is -1.03. The van der Waals surface area contributed by atoms with Gasteiger partial charge in [0.05, 0.1) is 7.11 Å². The Labute approximate surface area is 79.0 Å². The molecule has 0 fully saturated rings. The number of nitrogens with zero attached hydrogens (tertiary/aromatic N) is 1. The molecule has 0 aliphatic carbocycles. The van der Waals surface area contributed by atoms with Gasteiger partial charge < -0.3 is 9.94 Å². The first kappa shape index (κ1) is 9.06. The minimum atomic E-state index is 0.409. The second-order valence-electron chi connectivity index (χ2n) is 2.19. The third-order valence-electron chi connectivity index (χ3n) is 1.41. The molecule has 0 bridgehead atoms. The predicted octanol–water partition coefficient (Wildman–Crippen LogP) is 2.30. The molecule has 12 heavy (non-hydrogen) atoms. The van der Waals surface area contributed by atoms with E-state index in [4.69, 9.17) is 4.74 Å². The third-order valence-corrected chi connectivity index (χ3v) is 1.90. The molecular weight excluding hydrogens is 222 g/mol. The number of halogens is 1. The smallest absolute Gasteiger partial charge is 0.259 e. The van der Waals surface area contributed by atoms with E-state index in [1.165, 1.54) is 7.11 Å². The molecule has 0 saturated carbocycles. The van der Waals surface area contributed by atoms with Crippen LogP contribution in [0.1, 0.15) is 0 Å². The Balaban J connectivity index is 3.21. The standard InChI is InChI=1S/C8H8BrNO2/c1-10(11)7-5-6(9)3-4-8(7)12-2/h3-5H,1H2,2H3. The molecule has 1 aromatic rings. The molecule has 1 rings (SSSR count). The van der Waals surface area contributed by atoms with Gasteiger partial charge in [-0.25, -0.2) is 0 Å². The highest BCUT2D eigenvalue weighted by molar-refractivity contribution is 9.10. The summed E-state index contributed by atoms with van der Waals surface area (Å²) in [5, 5.41) is 10.9. The van der Waals surface area contributed by atoms with Crippen molar-refractivity contribution in [3.63, 3.8) is 0 Å². The van der Waals surface area contributed by atoms with Gasteiger partial charge in [-0.3, -0.25) is 0 Å². The fourth-order valence-corrected chi connectivity index (χ4v) is 1.21. The molecule has 0 heterocycles.